The van der Waals surface area contributed by atoms with Gasteiger partial charge >= 0.3 is 0 Å². The summed E-state index contributed by atoms with van der Waals surface area (Å²) in [6.07, 6.45) is 1.14. The number of hydrogen-bond donors (Lipinski definition) is 0. The minimum absolute atomic E-state index is 0.0261. The summed E-state index contributed by atoms with van der Waals surface area (Å²) in [5.41, 5.74) is -0.410. The Morgan fingerprint density at radius 3 is 2.40 bits per heavy atom. The molecule has 0 unspecified atom stereocenters. The molecule has 1 amide bonds. The fourth-order valence-corrected chi connectivity index (χ4v) is 2.68. The lowest BCUT2D eigenvalue weighted by Gasteiger charge is -2.41. The molecule has 0 saturated heterocycles. The van der Waals surface area contributed by atoms with Gasteiger partial charge in [-0.1, -0.05) is 6.92 Å². The van der Waals surface area contributed by atoms with E-state index in [0.29, 0.717) is 24.4 Å². The lowest BCUT2D eigenvalue weighted by atomic mass is 9.63. The number of nitro groups is 1. The maximum absolute atomic E-state index is 12.4. The third-order valence-corrected chi connectivity index (χ3v) is 3.77. The Bertz CT molecular complexity index is 583. The molecule has 6 heteroatoms. The van der Waals surface area contributed by atoms with Gasteiger partial charge in [0.25, 0.3) is 5.69 Å². The Morgan fingerprint density at radius 2 is 2.00 bits per heavy atom. The molecule has 0 N–H and O–H groups in total. The van der Waals surface area contributed by atoms with Gasteiger partial charge in [0, 0.05) is 24.9 Å². The zero-order chi connectivity index (χ0) is 14.9. The van der Waals surface area contributed by atoms with E-state index in [1.54, 1.807) is 7.05 Å². The molecule has 1 aromatic carbocycles. The van der Waals surface area contributed by atoms with Gasteiger partial charge in [-0.3, -0.25) is 14.9 Å². The van der Waals surface area contributed by atoms with E-state index >= 15 is 0 Å². The predicted molar refractivity (Wildman–Crippen MR) is 73.0 cm³/mol. The van der Waals surface area contributed by atoms with Gasteiger partial charge in [-0.05, 0) is 30.9 Å². The molecule has 20 heavy (non-hydrogen) atoms. The molecule has 1 aromatic rings. The molecule has 1 aliphatic carbocycles. The van der Waals surface area contributed by atoms with Crippen LogP contribution in [0.25, 0.3) is 0 Å². The Morgan fingerprint density at radius 1 is 1.45 bits per heavy atom. The van der Waals surface area contributed by atoms with Gasteiger partial charge in [0.15, 0.2) is 0 Å². The maximum atomic E-state index is 12.4. The normalized spacial score (nSPS) is 24.4. The zero-order valence-corrected chi connectivity index (χ0v) is 11.4. The van der Waals surface area contributed by atoms with E-state index in [1.165, 1.54) is 29.2 Å². The monoisotopic (exact) mass is 273 g/mol. The molecule has 0 aromatic heterocycles. The Kier molecular flexibility index (Phi) is 3.45. The Balaban J connectivity index is 2.19. The van der Waals surface area contributed by atoms with E-state index in [-0.39, 0.29) is 11.6 Å². The largest absolute Gasteiger partial charge is 0.314 e. The van der Waals surface area contributed by atoms with Crippen molar-refractivity contribution in [1.29, 1.82) is 5.26 Å². The first-order chi connectivity index (χ1) is 9.39. The number of amides is 1. The summed E-state index contributed by atoms with van der Waals surface area (Å²) in [6.45, 7) is 2.01. The minimum atomic E-state index is -0.935. The molecule has 2 rings (SSSR count). The van der Waals surface area contributed by atoms with Crippen molar-refractivity contribution >= 4 is 17.3 Å². The van der Waals surface area contributed by atoms with Gasteiger partial charge in [-0.25, -0.2) is 0 Å². The molecule has 1 aliphatic rings. The van der Waals surface area contributed by atoms with Gasteiger partial charge < -0.3 is 4.90 Å². The van der Waals surface area contributed by atoms with Crippen molar-refractivity contribution in [2.75, 3.05) is 11.9 Å². The first kappa shape index (κ1) is 14.0. The summed E-state index contributed by atoms with van der Waals surface area (Å²) < 4.78 is 0. The molecule has 0 heterocycles. The number of hydrogen-bond acceptors (Lipinski definition) is 4. The third kappa shape index (κ3) is 2.23. The summed E-state index contributed by atoms with van der Waals surface area (Å²) in [7, 11) is 1.59. The van der Waals surface area contributed by atoms with Crippen molar-refractivity contribution < 1.29 is 9.72 Å². The van der Waals surface area contributed by atoms with Crippen molar-refractivity contribution in [2.45, 2.75) is 19.8 Å². The second kappa shape index (κ2) is 4.93. The number of carbonyl (C=O) groups excluding carboxylic acids is 1. The molecule has 0 radical (unpaired) electrons. The van der Waals surface area contributed by atoms with Crippen LogP contribution in [-0.4, -0.2) is 17.9 Å². The van der Waals surface area contributed by atoms with Gasteiger partial charge in [0.2, 0.25) is 5.91 Å². The van der Waals surface area contributed by atoms with E-state index < -0.39 is 10.3 Å². The average molecular weight is 273 g/mol. The van der Waals surface area contributed by atoms with E-state index in [0.717, 1.165) is 0 Å². The zero-order valence-electron chi connectivity index (χ0n) is 11.4. The topological polar surface area (TPSA) is 87.2 Å². The Labute approximate surface area is 116 Å². The van der Waals surface area contributed by atoms with Gasteiger partial charge in [-0.15, -0.1) is 0 Å². The lowest BCUT2D eigenvalue weighted by molar-refractivity contribution is -0.384. The molecule has 0 atom stereocenters. The smallest absolute Gasteiger partial charge is 0.269 e. The summed E-state index contributed by atoms with van der Waals surface area (Å²) >= 11 is 0. The van der Waals surface area contributed by atoms with Crippen molar-refractivity contribution in [1.82, 2.24) is 0 Å². The third-order valence-electron chi connectivity index (χ3n) is 3.77. The average Bonchev–Trinajstić information content (AvgIpc) is 2.42. The van der Waals surface area contributed by atoms with Crippen LogP contribution in [0.1, 0.15) is 19.8 Å². The molecule has 1 fully saturated rings. The van der Waals surface area contributed by atoms with Crippen LogP contribution in [-0.2, 0) is 4.79 Å². The number of nitriles is 1. The molecule has 1 saturated carbocycles. The van der Waals surface area contributed by atoms with Crippen LogP contribution >= 0.6 is 0 Å². The van der Waals surface area contributed by atoms with Gasteiger partial charge in [0.1, 0.15) is 5.41 Å². The highest BCUT2D eigenvalue weighted by molar-refractivity contribution is 5.99. The van der Waals surface area contributed by atoms with E-state index in [1.807, 2.05) is 6.92 Å². The number of nitro benzene ring substituents is 1. The molecule has 0 bridgehead atoms. The molecule has 0 aliphatic heterocycles. The van der Waals surface area contributed by atoms with Gasteiger partial charge in [0.05, 0.1) is 11.0 Å². The first-order valence-corrected chi connectivity index (χ1v) is 6.33. The number of non-ortho nitro benzene ring substituents is 1. The van der Waals surface area contributed by atoms with Crippen LogP contribution in [0.5, 0.6) is 0 Å². The molecular formula is C14H15N3O3. The molecule has 0 spiro atoms. The van der Waals surface area contributed by atoms with Gasteiger partial charge in [-0.2, -0.15) is 5.26 Å². The van der Waals surface area contributed by atoms with Crippen LogP contribution in [0, 0.1) is 32.8 Å². The van der Waals surface area contributed by atoms with Crippen molar-refractivity contribution in [3.8, 4) is 6.07 Å². The highest BCUT2D eigenvalue weighted by Crippen LogP contribution is 2.46. The lowest BCUT2D eigenvalue weighted by Crippen LogP contribution is -2.48. The standard InChI is InChI=1S/C14H15N3O3/c1-10-7-14(8-10,9-15)13(18)16(2)11-3-5-12(6-4-11)17(19)20/h3-6,10H,7-8H2,1-2H3. The number of rotatable bonds is 3. The maximum Gasteiger partial charge on any atom is 0.269 e. The van der Waals surface area contributed by atoms with E-state index in [4.69, 9.17) is 0 Å². The van der Waals surface area contributed by atoms with Crippen molar-refractivity contribution in [3.63, 3.8) is 0 Å². The van der Waals surface area contributed by atoms with E-state index in [2.05, 4.69) is 6.07 Å². The number of carbonyl (C=O) groups is 1. The molecule has 6 nitrogen and oxygen atoms in total. The van der Waals surface area contributed by atoms with Crippen LogP contribution in [0.2, 0.25) is 0 Å². The second-order valence-corrected chi connectivity index (χ2v) is 5.35. The highest BCUT2D eigenvalue weighted by atomic mass is 16.6. The number of nitrogens with zero attached hydrogens (tertiary/aromatic N) is 3. The second-order valence-electron chi connectivity index (χ2n) is 5.35. The predicted octanol–water partition coefficient (Wildman–Crippen LogP) is 2.50. The SMILES string of the molecule is CC1CC(C#N)(C(=O)N(C)c2ccc([N+](=O)[O-])cc2)C1. The minimum Gasteiger partial charge on any atom is -0.314 e. The Hall–Kier alpha value is -2.42. The van der Waals surface area contributed by atoms with Crippen LogP contribution < -0.4 is 4.90 Å². The summed E-state index contributed by atoms with van der Waals surface area (Å²) in [5.74, 6) is 0.135. The quantitative estimate of drug-likeness (QED) is 0.625. The summed E-state index contributed by atoms with van der Waals surface area (Å²) in [6, 6.07) is 7.86. The van der Waals surface area contributed by atoms with Crippen molar-refractivity contribution in [3.05, 3.63) is 34.4 Å². The first-order valence-electron chi connectivity index (χ1n) is 6.33. The molecular weight excluding hydrogens is 258 g/mol. The van der Waals surface area contributed by atoms with Crippen LogP contribution in [0.15, 0.2) is 24.3 Å². The fourth-order valence-electron chi connectivity index (χ4n) is 2.68. The van der Waals surface area contributed by atoms with Crippen LogP contribution in [0.3, 0.4) is 0 Å². The highest BCUT2D eigenvalue weighted by Gasteiger charge is 2.50. The summed E-state index contributed by atoms with van der Waals surface area (Å²) in [4.78, 5) is 23.9. The fraction of sp³-hybridized carbons (Fsp3) is 0.429. The van der Waals surface area contributed by atoms with E-state index in [9.17, 15) is 20.2 Å². The number of benzene rings is 1. The number of anilines is 1. The molecule has 104 valence electrons. The summed E-state index contributed by atoms with van der Waals surface area (Å²) in [5, 5.41) is 19.8. The van der Waals surface area contributed by atoms with Crippen molar-refractivity contribution in [2.24, 2.45) is 11.3 Å². The van der Waals surface area contributed by atoms with Crippen LogP contribution in [0.4, 0.5) is 11.4 Å².